The highest BCUT2D eigenvalue weighted by atomic mass is 16.6. The van der Waals surface area contributed by atoms with Crippen LogP contribution in [0.1, 0.15) is 23.2 Å². The predicted molar refractivity (Wildman–Crippen MR) is 69.3 cm³/mol. The van der Waals surface area contributed by atoms with Crippen molar-refractivity contribution in [1.29, 1.82) is 0 Å². The average Bonchev–Trinajstić information content (AvgIpc) is 2.83. The lowest BCUT2D eigenvalue weighted by Crippen LogP contribution is -2.05. The van der Waals surface area contributed by atoms with Crippen LogP contribution in [0.15, 0.2) is 10.6 Å². The number of hydrogen-bond donors (Lipinski definition) is 1. The van der Waals surface area contributed by atoms with E-state index in [2.05, 4.69) is 10.1 Å². The van der Waals surface area contributed by atoms with Gasteiger partial charge in [-0.3, -0.25) is 14.9 Å². The molecule has 1 N–H and O–H groups in total. The lowest BCUT2D eigenvalue weighted by Gasteiger charge is -2.10. The van der Waals surface area contributed by atoms with Gasteiger partial charge in [0, 0.05) is 12.5 Å². The van der Waals surface area contributed by atoms with Gasteiger partial charge in [-0.2, -0.15) is 4.98 Å². The van der Waals surface area contributed by atoms with E-state index in [1.165, 1.54) is 20.1 Å². The van der Waals surface area contributed by atoms with Crippen LogP contribution in [0.2, 0.25) is 0 Å². The standard InChI is InChI=1S/C12H11N3O6/c1-5(16)9-7(12-13-6(2)21-14-12)4-8(20-3)11(17)10(9)15(18)19/h4,17H,1-3H3. The number of rotatable bonds is 4. The third-order valence-corrected chi connectivity index (χ3v) is 2.76. The Morgan fingerprint density at radius 3 is 2.62 bits per heavy atom. The average molecular weight is 293 g/mol. The van der Waals surface area contributed by atoms with E-state index in [0.717, 1.165) is 6.92 Å². The number of nitrogens with zero attached hydrogens (tertiary/aromatic N) is 3. The number of aryl methyl sites for hydroxylation is 1. The maximum absolute atomic E-state index is 11.8. The number of aromatic hydroxyl groups is 1. The molecule has 9 nitrogen and oxygen atoms in total. The van der Waals surface area contributed by atoms with Crippen LogP contribution in [0.3, 0.4) is 0 Å². The highest BCUT2D eigenvalue weighted by Crippen LogP contribution is 2.43. The van der Waals surface area contributed by atoms with Crippen LogP contribution in [0.25, 0.3) is 11.4 Å². The summed E-state index contributed by atoms with van der Waals surface area (Å²) in [7, 11) is 1.23. The number of nitro groups is 1. The Morgan fingerprint density at radius 2 is 2.19 bits per heavy atom. The Morgan fingerprint density at radius 1 is 1.52 bits per heavy atom. The molecule has 0 saturated carbocycles. The molecule has 1 aromatic carbocycles. The zero-order valence-corrected chi connectivity index (χ0v) is 11.4. The summed E-state index contributed by atoms with van der Waals surface area (Å²) >= 11 is 0. The number of Topliss-reactive ketones (excluding diaryl/α,β-unsaturated/α-hetero) is 1. The van der Waals surface area contributed by atoms with Gasteiger partial charge in [0.2, 0.25) is 17.5 Å². The van der Waals surface area contributed by atoms with Gasteiger partial charge in [-0.1, -0.05) is 5.16 Å². The van der Waals surface area contributed by atoms with Gasteiger partial charge < -0.3 is 14.4 Å². The Balaban J connectivity index is 2.89. The number of carbonyl (C=O) groups is 1. The van der Waals surface area contributed by atoms with Gasteiger partial charge in [-0.25, -0.2) is 0 Å². The first-order chi connectivity index (χ1) is 9.86. The SMILES string of the molecule is COc1cc(-c2noc(C)n2)c(C(C)=O)c([N+](=O)[O-])c1O. The first kappa shape index (κ1) is 14.4. The van der Waals surface area contributed by atoms with E-state index in [0.29, 0.717) is 0 Å². The number of nitro benzene ring substituents is 1. The largest absolute Gasteiger partial charge is 0.499 e. The molecule has 0 radical (unpaired) electrons. The van der Waals surface area contributed by atoms with Crippen LogP contribution in [-0.2, 0) is 0 Å². The van der Waals surface area contributed by atoms with Crippen molar-refractivity contribution in [3.63, 3.8) is 0 Å². The maximum atomic E-state index is 11.8. The summed E-state index contributed by atoms with van der Waals surface area (Å²) in [6.45, 7) is 2.68. The first-order valence-electron chi connectivity index (χ1n) is 5.76. The summed E-state index contributed by atoms with van der Waals surface area (Å²) in [6.07, 6.45) is 0. The van der Waals surface area contributed by atoms with Crippen LogP contribution in [0.4, 0.5) is 5.69 Å². The normalized spacial score (nSPS) is 10.4. The van der Waals surface area contributed by atoms with Gasteiger partial charge in [0.25, 0.3) is 0 Å². The number of ketones is 1. The number of ether oxygens (including phenoxy) is 1. The fourth-order valence-electron chi connectivity index (χ4n) is 1.91. The van der Waals surface area contributed by atoms with Crippen molar-refractivity contribution < 1.29 is 24.1 Å². The molecule has 0 amide bonds. The van der Waals surface area contributed by atoms with Gasteiger partial charge in [0.15, 0.2) is 11.5 Å². The third-order valence-electron chi connectivity index (χ3n) is 2.76. The number of methoxy groups -OCH3 is 1. The lowest BCUT2D eigenvalue weighted by molar-refractivity contribution is -0.386. The highest BCUT2D eigenvalue weighted by Gasteiger charge is 2.32. The monoisotopic (exact) mass is 293 g/mol. The first-order valence-corrected chi connectivity index (χ1v) is 5.76. The number of aromatic nitrogens is 2. The van der Waals surface area contributed by atoms with Crippen LogP contribution >= 0.6 is 0 Å². The van der Waals surface area contributed by atoms with Crippen molar-refractivity contribution in [2.24, 2.45) is 0 Å². The van der Waals surface area contributed by atoms with E-state index in [1.54, 1.807) is 0 Å². The minimum atomic E-state index is -0.856. The van der Waals surface area contributed by atoms with E-state index >= 15 is 0 Å². The molecular formula is C12H11N3O6. The van der Waals surface area contributed by atoms with Gasteiger partial charge >= 0.3 is 5.69 Å². The molecule has 0 atom stereocenters. The second kappa shape index (κ2) is 5.19. The lowest BCUT2D eigenvalue weighted by atomic mass is 10.00. The smallest absolute Gasteiger partial charge is 0.326 e. The third kappa shape index (κ3) is 2.40. The number of phenols is 1. The van der Waals surface area contributed by atoms with Crippen LogP contribution in [-0.4, -0.2) is 33.1 Å². The summed E-state index contributed by atoms with van der Waals surface area (Å²) in [5.41, 5.74) is -1.00. The minimum Gasteiger partial charge on any atom is -0.499 e. The molecule has 1 aromatic heterocycles. The Kier molecular flexibility index (Phi) is 3.57. The van der Waals surface area contributed by atoms with Crippen LogP contribution in [0.5, 0.6) is 11.5 Å². The summed E-state index contributed by atoms with van der Waals surface area (Å²) in [5, 5.41) is 24.7. The second-order valence-electron chi connectivity index (χ2n) is 4.15. The summed E-state index contributed by atoms with van der Waals surface area (Å²) in [5.74, 6) is -1.27. The molecule has 0 aliphatic heterocycles. The van der Waals surface area contributed by atoms with E-state index in [9.17, 15) is 20.0 Å². The van der Waals surface area contributed by atoms with Crippen LogP contribution in [0, 0.1) is 17.0 Å². The van der Waals surface area contributed by atoms with E-state index in [1.807, 2.05) is 0 Å². The Labute approximate surface area is 118 Å². The van der Waals surface area contributed by atoms with Gasteiger partial charge in [0.1, 0.15) is 5.56 Å². The number of hydrogen-bond acceptors (Lipinski definition) is 8. The fourth-order valence-corrected chi connectivity index (χ4v) is 1.91. The van der Waals surface area contributed by atoms with Gasteiger partial charge in [-0.15, -0.1) is 0 Å². The molecule has 0 saturated heterocycles. The molecule has 2 rings (SSSR count). The van der Waals surface area contributed by atoms with Gasteiger partial charge in [-0.05, 0) is 13.0 Å². The molecule has 0 bridgehead atoms. The maximum Gasteiger partial charge on any atom is 0.326 e. The minimum absolute atomic E-state index is 0.000833. The molecule has 1 heterocycles. The Bertz CT molecular complexity index is 737. The second-order valence-corrected chi connectivity index (χ2v) is 4.15. The summed E-state index contributed by atoms with van der Waals surface area (Å²) in [6, 6.07) is 1.25. The van der Waals surface area contributed by atoms with Crippen molar-refractivity contribution in [1.82, 2.24) is 10.1 Å². The molecule has 0 unspecified atom stereocenters. The van der Waals surface area contributed by atoms with Crippen molar-refractivity contribution in [3.8, 4) is 22.9 Å². The molecule has 0 spiro atoms. The zero-order valence-electron chi connectivity index (χ0n) is 11.4. The topological polar surface area (TPSA) is 129 Å². The molecule has 110 valence electrons. The molecule has 9 heteroatoms. The highest BCUT2D eigenvalue weighted by molar-refractivity contribution is 6.05. The zero-order chi connectivity index (χ0) is 15.7. The molecular weight excluding hydrogens is 282 g/mol. The predicted octanol–water partition coefficient (Wildman–Crippen LogP) is 1.87. The van der Waals surface area contributed by atoms with Gasteiger partial charge in [0.05, 0.1) is 12.0 Å². The van der Waals surface area contributed by atoms with Crippen LogP contribution < -0.4 is 4.74 Å². The number of phenolic OH excluding ortho intramolecular Hbond substituents is 1. The molecule has 0 fully saturated rings. The van der Waals surface area contributed by atoms with E-state index in [-0.39, 0.29) is 28.6 Å². The molecule has 2 aromatic rings. The van der Waals surface area contributed by atoms with Crippen molar-refractivity contribution in [2.45, 2.75) is 13.8 Å². The van der Waals surface area contributed by atoms with Crippen molar-refractivity contribution >= 4 is 11.5 Å². The number of benzene rings is 1. The van der Waals surface area contributed by atoms with Crippen molar-refractivity contribution in [3.05, 3.63) is 27.6 Å². The Hall–Kier alpha value is -2.97. The molecule has 21 heavy (non-hydrogen) atoms. The summed E-state index contributed by atoms with van der Waals surface area (Å²) < 4.78 is 9.70. The number of carbonyl (C=O) groups excluding carboxylic acids is 1. The fraction of sp³-hybridized carbons (Fsp3) is 0.250. The van der Waals surface area contributed by atoms with E-state index in [4.69, 9.17) is 9.26 Å². The molecule has 0 aliphatic carbocycles. The molecule has 0 aliphatic rings. The summed E-state index contributed by atoms with van der Waals surface area (Å²) in [4.78, 5) is 26.0. The van der Waals surface area contributed by atoms with Crippen molar-refractivity contribution in [2.75, 3.05) is 7.11 Å². The van der Waals surface area contributed by atoms with E-state index < -0.39 is 22.1 Å². The quantitative estimate of drug-likeness (QED) is 0.513.